The Labute approximate surface area is 198 Å². The number of aromatic nitrogens is 2. The van der Waals surface area contributed by atoms with E-state index in [4.69, 9.17) is 4.74 Å². The van der Waals surface area contributed by atoms with Crippen molar-refractivity contribution >= 4 is 75.5 Å². The van der Waals surface area contributed by atoms with Crippen LogP contribution in [0.1, 0.15) is 26.2 Å². The number of rotatable bonds is 8. The van der Waals surface area contributed by atoms with Crippen molar-refractivity contribution in [1.29, 1.82) is 0 Å². The number of benzene rings is 3. The third-order valence-electron chi connectivity index (χ3n) is 5.83. The minimum Gasteiger partial charge on any atom is -0.488 e. The van der Waals surface area contributed by atoms with Crippen LogP contribution in [-0.2, 0) is 0 Å². The molecular formula is C25H25Br2N3O. The van der Waals surface area contributed by atoms with Crippen LogP contribution >= 0.6 is 31.9 Å². The molecule has 0 unspecified atom stereocenters. The van der Waals surface area contributed by atoms with Gasteiger partial charge in [-0.1, -0.05) is 51.6 Å². The second-order valence-electron chi connectivity index (χ2n) is 7.99. The normalized spacial score (nSPS) is 12.0. The molecule has 0 saturated heterocycles. The molecule has 0 atom stereocenters. The molecule has 2 heterocycles. The first-order valence-corrected chi connectivity index (χ1v) is 12.4. The van der Waals surface area contributed by atoms with Gasteiger partial charge in [-0.3, -0.25) is 0 Å². The summed E-state index contributed by atoms with van der Waals surface area (Å²) in [5, 5.41) is 8.24. The molecule has 3 aromatic carbocycles. The highest BCUT2D eigenvalue weighted by Gasteiger charge is 2.17. The third kappa shape index (κ3) is 3.97. The Morgan fingerprint density at radius 3 is 1.97 bits per heavy atom. The first-order valence-electron chi connectivity index (χ1n) is 10.8. The number of aromatic amines is 2. The first kappa shape index (κ1) is 20.9. The van der Waals surface area contributed by atoms with Crippen molar-refractivity contribution in [1.82, 2.24) is 15.3 Å². The molecule has 0 aliphatic rings. The number of fused-ring (bicyclic) bond motifs is 6. The number of hydrogen-bond donors (Lipinski definition) is 3. The van der Waals surface area contributed by atoms with E-state index in [9.17, 15) is 0 Å². The highest BCUT2D eigenvalue weighted by Crippen LogP contribution is 2.41. The molecule has 0 radical (unpaired) electrons. The maximum Gasteiger partial charge on any atom is 0.167 e. The van der Waals surface area contributed by atoms with Crippen LogP contribution in [-0.4, -0.2) is 29.7 Å². The van der Waals surface area contributed by atoms with Gasteiger partial charge in [-0.05, 0) is 55.4 Å². The summed E-state index contributed by atoms with van der Waals surface area (Å²) in [6, 6.07) is 15.0. The third-order valence-corrected chi connectivity index (χ3v) is 6.81. The Hall–Kier alpha value is -2.02. The van der Waals surface area contributed by atoms with Gasteiger partial charge < -0.3 is 20.0 Å². The predicted molar refractivity (Wildman–Crippen MR) is 138 cm³/mol. The lowest BCUT2D eigenvalue weighted by Gasteiger charge is -2.10. The summed E-state index contributed by atoms with van der Waals surface area (Å²) < 4.78 is 8.55. The van der Waals surface area contributed by atoms with Gasteiger partial charge in [-0.15, -0.1) is 0 Å². The molecule has 0 aliphatic carbocycles. The van der Waals surface area contributed by atoms with Crippen LogP contribution in [0, 0.1) is 0 Å². The van der Waals surface area contributed by atoms with Crippen molar-refractivity contribution < 1.29 is 4.74 Å². The fourth-order valence-corrected chi connectivity index (χ4v) is 5.01. The van der Waals surface area contributed by atoms with Crippen LogP contribution in [0.4, 0.5) is 0 Å². The van der Waals surface area contributed by atoms with E-state index in [1.165, 1.54) is 40.8 Å². The predicted octanol–water partition coefficient (Wildman–Crippen LogP) is 7.64. The van der Waals surface area contributed by atoms with Crippen LogP contribution in [0.25, 0.3) is 43.6 Å². The summed E-state index contributed by atoms with van der Waals surface area (Å²) in [5.74, 6) is 0.891. The standard InChI is InChI=1S/C25H25Br2N3O/c1-2-3-4-9-28-10-11-31-25-23-19(17-12-15(26)5-7-21(17)29-23)14-20-18-13-16(27)6-8-22(18)30-24(20)25/h5-8,12-14,28-30H,2-4,9-11H2,1H3. The molecule has 5 aromatic rings. The highest BCUT2D eigenvalue weighted by molar-refractivity contribution is 9.10. The van der Waals surface area contributed by atoms with E-state index in [2.05, 4.69) is 96.5 Å². The summed E-state index contributed by atoms with van der Waals surface area (Å²) in [6.45, 7) is 4.72. The van der Waals surface area contributed by atoms with E-state index in [0.717, 1.165) is 49.9 Å². The molecule has 0 aliphatic heterocycles. The summed E-state index contributed by atoms with van der Waals surface area (Å²) in [5.41, 5.74) is 4.30. The number of nitrogens with one attached hydrogen (secondary N) is 3. The Morgan fingerprint density at radius 1 is 0.774 bits per heavy atom. The van der Waals surface area contributed by atoms with E-state index in [1.54, 1.807) is 0 Å². The van der Waals surface area contributed by atoms with E-state index < -0.39 is 0 Å². The average Bonchev–Trinajstić information content (AvgIpc) is 3.30. The van der Waals surface area contributed by atoms with Crippen molar-refractivity contribution in [2.24, 2.45) is 0 Å². The van der Waals surface area contributed by atoms with E-state index in [-0.39, 0.29) is 0 Å². The average molecular weight is 543 g/mol. The SMILES string of the molecule is CCCCCNCCOc1c2[nH]c3ccc(Br)cc3c2cc2c1[nH]c1ccc(Br)cc12. The van der Waals surface area contributed by atoms with Crippen molar-refractivity contribution in [2.75, 3.05) is 19.7 Å². The van der Waals surface area contributed by atoms with Crippen LogP contribution in [0.5, 0.6) is 5.75 Å². The minimum absolute atomic E-state index is 0.623. The number of H-pyrrole nitrogens is 2. The van der Waals surface area contributed by atoms with Crippen LogP contribution in [0.15, 0.2) is 51.4 Å². The lowest BCUT2D eigenvalue weighted by molar-refractivity contribution is 0.319. The van der Waals surface area contributed by atoms with Crippen molar-refractivity contribution in [3.05, 3.63) is 51.4 Å². The maximum atomic E-state index is 6.41. The Kier molecular flexibility index (Phi) is 5.95. The molecule has 3 N–H and O–H groups in total. The molecule has 5 rings (SSSR count). The fourth-order valence-electron chi connectivity index (χ4n) is 4.29. The number of hydrogen-bond acceptors (Lipinski definition) is 2. The lowest BCUT2D eigenvalue weighted by Crippen LogP contribution is -2.22. The van der Waals surface area contributed by atoms with Gasteiger partial charge >= 0.3 is 0 Å². The molecule has 31 heavy (non-hydrogen) atoms. The second-order valence-corrected chi connectivity index (χ2v) is 9.82. The second kappa shape index (κ2) is 8.85. The zero-order valence-electron chi connectivity index (χ0n) is 17.4. The zero-order chi connectivity index (χ0) is 21.4. The molecule has 160 valence electrons. The molecule has 2 aromatic heterocycles. The van der Waals surface area contributed by atoms with Crippen LogP contribution in [0.2, 0.25) is 0 Å². The van der Waals surface area contributed by atoms with Gasteiger partial charge in [0.05, 0.1) is 11.0 Å². The van der Waals surface area contributed by atoms with Crippen LogP contribution in [0.3, 0.4) is 0 Å². The van der Waals surface area contributed by atoms with Gasteiger partial charge in [0.1, 0.15) is 6.61 Å². The Balaban J connectivity index is 1.61. The monoisotopic (exact) mass is 541 g/mol. The molecule has 4 nitrogen and oxygen atoms in total. The molecule has 0 amide bonds. The van der Waals surface area contributed by atoms with Gasteiger partial charge in [-0.25, -0.2) is 0 Å². The number of ether oxygens (including phenoxy) is 1. The van der Waals surface area contributed by atoms with Gasteiger partial charge in [0.15, 0.2) is 5.75 Å². The molecule has 0 spiro atoms. The van der Waals surface area contributed by atoms with E-state index in [1.807, 2.05) is 0 Å². The van der Waals surface area contributed by atoms with Crippen molar-refractivity contribution in [3.8, 4) is 5.75 Å². The number of unbranched alkanes of at least 4 members (excludes halogenated alkanes) is 2. The van der Waals surface area contributed by atoms with Crippen LogP contribution < -0.4 is 10.1 Å². The van der Waals surface area contributed by atoms with Gasteiger partial charge in [0.25, 0.3) is 0 Å². The molecule has 0 saturated carbocycles. The fraction of sp³-hybridized carbons (Fsp3) is 0.280. The quantitative estimate of drug-likeness (QED) is 0.176. The Bertz CT molecular complexity index is 1290. The molecule has 6 heteroatoms. The summed E-state index contributed by atoms with van der Waals surface area (Å²) in [4.78, 5) is 7.19. The lowest BCUT2D eigenvalue weighted by atomic mass is 10.1. The van der Waals surface area contributed by atoms with Crippen molar-refractivity contribution in [2.45, 2.75) is 26.2 Å². The summed E-state index contributed by atoms with van der Waals surface area (Å²) >= 11 is 7.25. The molecule has 0 fully saturated rings. The van der Waals surface area contributed by atoms with Crippen molar-refractivity contribution in [3.63, 3.8) is 0 Å². The minimum atomic E-state index is 0.623. The summed E-state index contributed by atoms with van der Waals surface area (Å²) in [6.07, 6.45) is 3.72. The summed E-state index contributed by atoms with van der Waals surface area (Å²) in [7, 11) is 0. The smallest absolute Gasteiger partial charge is 0.167 e. The topological polar surface area (TPSA) is 52.8 Å². The van der Waals surface area contributed by atoms with Gasteiger partial charge in [0, 0.05) is 48.1 Å². The van der Waals surface area contributed by atoms with E-state index >= 15 is 0 Å². The first-order chi connectivity index (χ1) is 15.2. The van der Waals surface area contributed by atoms with Gasteiger partial charge in [-0.2, -0.15) is 0 Å². The van der Waals surface area contributed by atoms with E-state index in [0.29, 0.717) is 6.61 Å². The van der Waals surface area contributed by atoms with Gasteiger partial charge in [0.2, 0.25) is 0 Å². The zero-order valence-corrected chi connectivity index (χ0v) is 20.6. The highest BCUT2D eigenvalue weighted by atomic mass is 79.9. The Morgan fingerprint density at radius 2 is 1.39 bits per heavy atom. The maximum absolute atomic E-state index is 6.41. The molecular weight excluding hydrogens is 518 g/mol. The number of halogens is 2. The largest absolute Gasteiger partial charge is 0.488 e. The molecule has 0 bridgehead atoms.